The molecule has 1 aromatic heterocycles. The highest BCUT2D eigenvalue weighted by Gasteiger charge is 2.35. The van der Waals surface area contributed by atoms with Gasteiger partial charge in [0.1, 0.15) is 5.75 Å². The van der Waals surface area contributed by atoms with Crippen LogP contribution in [0.1, 0.15) is 80.5 Å². The van der Waals surface area contributed by atoms with Crippen LogP contribution in [0.5, 0.6) is 5.75 Å². The molecule has 0 spiro atoms. The lowest BCUT2D eigenvalue weighted by Gasteiger charge is -2.39. The minimum Gasteiger partial charge on any atom is -0.507 e. The highest BCUT2D eigenvalue weighted by molar-refractivity contribution is 5.84. The van der Waals surface area contributed by atoms with Crippen molar-refractivity contribution in [3.63, 3.8) is 0 Å². The quantitative estimate of drug-likeness (QED) is 0.343. The zero-order valence-electron chi connectivity index (χ0n) is 27.1. The number of aromatic nitrogens is 3. The number of aryl methyl sites for hydroxylation is 2. The Morgan fingerprint density at radius 2 is 1.50 bits per heavy atom. The average molecular weight is 630 g/mol. The lowest BCUT2D eigenvalue weighted by molar-refractivity contribution is -0.142. The molecule has 0 unspecified atom stereocenters. The smallest absolute Gasteiger partial charge is 0.410 e. The number of piperidine rings is 2. The summed E-state index contributed by atoms with van der Waals surface area (Å²) in [5, 5.41) is 14.9. The zero-order valence-corrected chi connectivity index (χ0v) is 27.1. The number of ether oxygens (including phenoxy) is 1. The van der Waals surface area contributed by atoms with Gasteiger partial charge in [0.2, 0.25) is 0 Å². The molecule has 246 valence electrons. The van der Waals surface area contributed by atoms with Gasteiger partial charge in [-0.05, 0) is 68.1 Å². The first kappa shape index (κ1) is 31.9. The van der Waals surface area contributed by atoms with Crippen LogP contribution in [-0.2, 0) is 16.0 Å². The monoisotopic (exact) mass is 629 g/mol. The Morgan fingerprint density at radius 3 is 2.15 bits per heavy atom. The second-order valence-electron chi connectivity index (χ2n) is 13.5. The third-order valence-corrected chi connectivity index (χ3v) is 10.4. The summed E-state index contributed by atoms with van der Waals surface area (Å²) >= 11 is 0. The minimum absolute atomic E-state index is 0.143. The molecule has 3 fully saturated rings. The summed E-state index contributed by atoms with van der Waals surface area (Å²) in [6.45, 7) is 5.85. The van der Waals surface area contributed by atoms with Crippen LogP contribution in [0.4, 0.5) is 4.79 Å². The highest BCUT2D eigenvalue weighted by atomic mass is 16.6. The molecule has 1 aliphatic carbocycles. The van der Waals surface area contributed by atoms with E-state index in [-0.39, 0.29) is 29.8 Å². The number of amides is 2. The molecule has 3 aromatic rings. The van der Waals surface area contributed by atoms with Crippen LogP contribution < -0.4 is 5.69 Å². The summed E-state index contributed by atoms with van der Waals surface area (Å²) in [5.41, 5.74) is 2.88. The number of aromatic amines is 1. The molecule has 10 heteroatoms. The normalized spacial score (nSPS) is 19.3. The molecular weight excluding hydrogens is 582 g/mol. The molecule has 1 atom stereocenters. The van der Waals surface area contributed by atoms with Crippen molar-refractivity contribution in [3.8, 4) is 17.1 Å². The van der Waals surface area contributed by atoms with Gasteiger partial charge in [-0.25, -0.2) is 14.3 Å². The van der Waals surface area contributed by atoms with Crippen molar-refractivity contribution in [2.75, 3.05) is 26.2 Å². The van der Waals surface area contributed by atoms with Crippen LogP contribution in [-0.4, -0.2) is 74.0 Å². The van der Waals surface area contributed by atoms with Gasteiger partial charge >= 0.3 is 11.8 Å². The SMILES string of the molecule is Cc1cc(C[C@@H](OC(=O)N2CCC(n3nc(-c4ccccc4)[nH]c3=O)CC2)C(=O)N2CCC(C3CCCCC3)CC2)cc(C)c1O. The van der Waals surface area contributed by atoms with E-state index < -0.39 is 12.2 Å². The lowest BCUT2D eigenvalue weighted by atomic mass is 9.76. The minimum atomic E-state index is -0.956. The summed E-state index contributed by atoms with van der Waals surface area (Å²) in [7, 11) is 0. The summed E-state index contributed by atoms with van der Waals surface area (Å²) < 4.78 is 7.52. The number of benzene rings is 2. The number of hydrogen-bond donors (Lipinski definition) is 2. The van der Waals surface area contributed by atoms with Crippen LogP contribution in [0.15, 0.2) is 47.3 Å². The van der Waals surface area contributed by atoms with Crippen molar-refractivity contribution in [3.05, 3.63) is 69.6 Å². The predicted molar refractivity (Wildman–Crippen MR) is 176 cm³/mol. The Balaban J connectivity index is 1.11. The lowest BCUT2D eigenvalue weighted by Crippen LogP contribution is -2.49. The highest BCUT2D eigenvalue weighted by Crippen LogP contribution is 2.36. The molecule has 0 bridgehead atoms. The molecule has 1 saturated carbocycles. The van der Waals surface area contributed by atoms with Crippen LogP contribution >= 0.6 is 0 Å². The van der Waals surface area contributed by atoms with Crippen molar-refractivity contribution in [2.24, 2.45) is 11.8 Å². The fourth-order valence-corrected chi connectivity index (χ4v) is 7.76. The number of phenolic OH excluding ortho intramolecular Hbond substituents is 1. The Kier molecular flexibility index (Phi) is 9.80. The van der Waals surface area contributed by atoms with E-state index >= 15 is 0 Å². The van der Waals surface area contributed by atoms with Crippen molar-refractivity contribution in [1.29, 1.82) is 0 Å². The predicted octanol–water partition coefficient (Wildman–Crippen LogP) is 5.76. The van der Waals surface area contributed by atoms with Gasteiger partial charge in [0, 0.05) is 38.2 Å². The van der Waals surface area contributed by atoms with Gasteiger partial charge in [0.15, 0.2) is 11.9 Å². The second-order valence-corrected chi connectivity index (χ2v) is 13.5. The van der Waals surface area contributed by atoms with Gasteiger partial charge in [0.25, 0.3) is 5.91 Å². The standard InChI is InChI=1S/C36H47N5O5/c1-24-21-26(22-25(2)32(24)42)23-31(34(43)39-17-13-28(14-18-39)27-9-5-3-6-10-27)46-36(45)40-19-15-30(16-20-40)41-35(44)37-33(38-41)29-11-7-4-8-12-29/h4,7-8,11-12,21-22,27-28,30-31,42H,3,5-6,9-10,13-20,23H2,1-2H3,(H,37,38,44)/t31-/m1/s1. The molecule has 3 heterocycles. The fraction of sp³-hybridized carbons (Fsp3) is 0.556. The largest absolute Gasteiger partial charge is 0.507 e. The van der Waals surface area contributed by atoms with Crippen LogP contribution in [0.3, 0.4) is 0 Å². The number of nitrogens with zero attached hydrogens (tertiary/aromatic N) is 4. The van der Waals surface area contributed by atoms with Crippen molar-refractivity contribution >= 4 is 12.0 Å². The van der Waals surface area contributed by atoms with Gasteiger partial charge in [-0.3, -0.25) is 9.78 Å². The first-order valence-electron chi connectivity index (χ1n) is 17.0. The second kappa shape index (κ2) is 14.1. The number of carbonyl (C=O) groups excluding carboxylic acids is 2. The third kappa shape index (κ3) is 7.16. The number of likely N-dealkylation sites (tertiary alicyclic amines) is 2. The molecule has 0 radical (unpaired) electrons. The first-order valence-corrected chi connectivity index (χ1v) is 17.0. The number of aromatic hydroxyl groups is 1. The maximum absolute atomic E-state index is 14.0. The summed E-state index contributed by atoms with van der Waals surface area (Å²) in [4.78, 5) is 46.6. The zero-order chi connectivity index (χ0) is 32.2. The maximum atomic E-state index is 14.0. The molecular formula is C36H47N5O5. The fourth-order valence-electron chi connectivity index (χ4n) is 7.76. The Labute approximate surface area is 270 Å². The molecule has 6 rings (SSSR count). The summed E-state index contributed by atoms with van der Waals surface area (Å²) in [6, 6.07) is 13.1. The van der Waals surface area contributed by atoms with E-state index in [4.69, 9.17) is 4.74 Å². The van der Waals surface area contributed by atoms with Gasteiger partial charge in [-0.2, -0.15) is 0 Å². The van der Waals surface area contributed by atoms with E-state index in [0.29, 0.717) is 50.8 Å². The van der Waals surface area contributed by atoms with Gasteiger partial charge < -0.3 is 19.6 Å². The molecule has 3 aliphatic rings. The van der Waals surface area contributed by atoms with E-state index in [2.05, 4.69) is 10.1 Å². The molecule has 10 nitrogen and oxygen atoms in total. The molecule has 2 aliphatic heterocycles. The maximum Gasteiger partial charge on any atom is 0.410 e. The van der Waals surface area contributed by atoms with Crippen molar-refractivity contribution in [2.45, 2.75) is 90.2 Å². The van der Waals surface area contributed by atoms with E-state index in [9.17, 15) is 19.5 Å². The summed E-state index contributed by atoms with van der Waals surface area (Å²) in [6.07, 6.45) is 8.46. The van der Waals surface area contributed by atoms with E-state index in [1.807, 2.05) is 61.2 Å². The molecule has 2 amide bonds. The number of carbonyl (C=O) groups is 2. The summed E-state index contributed by atoms with van der Waals surface area (Å²) in [5.74, 6) is 2.05. The number of phenols is 1. The number of nitrogens with one attached hydrogen (secondary N) is 1. The number of hydrogen-bond acceptors (Lipinski definition) is 6. The molecule has 2 saturated heterocycles. The first-order chi connectivity index (χ1) is 22.3. The third-order valence-electron chi connectivity index (χ3n) is 10.4. The number of H-pyrrole nitrogens is 1. The van der Waals surface area contributed by atoms with E-state index in [1.165, 1.54) is 36.8 Å². The van der Waals surface area contributed by atoms with Crippen LogP contribution in [0.25, 0.3) is 11.4 Å². The topological polar surface area (TPSA) is 121 Å². The Hall–Kier alpha value is -4.08. The average Bonchev–Trinajstić information content (AvgIpc) is 3.48. The van der Waals surface area contributed by atoms with Gasteiger partial charge in [-0.1, -0.05) is 74.6 Å². The Bertz CT molecular complexity index is 1540. The van der Waals surface area contributed by atoms with Crippen molar-refractivity contribution < 1.29 is 19.4 Å². The van der Waals surface area contributed by atoms with Gasteiger partial charge in [0.05, 0.1) is 6.04 Å². The molecule has 2 aromatic carbocycles. The van der Waals surface area contributed by atoms with Gasteiger partial charge in [-0.15, -0.1) is 5.10 Å². The van der Waals surface area contributed by atoms with Crippen LogP contribution in [0, 0.1) is 25.7 Å². The van der Waals surface area contributed by atoms with E-state index in [0.717, 1.165) is 41.0 Å². The number of rotatable bonds is 7. The van der Waals surface area contributed by atoms with E-state index in [1.54, 1.807) is 4.90 Å². The van der Waals surface area contributed by atoms with Crippen molar-refractivity contribution in [1.82, 2.24) is 24.6 Å². The Morgan fingerprint density at radius 1 is 0.891 bits per heavy atom. The molecule has 46 heavy (non-hydrogen) atoms. The van der Waals surface area contributed by atoms with Crippen LogP contribution in [0.2, 0.25) is 0 Å². The molecule has 2 N–H and O–H groups in total.